The molecular formula is C14H22N2O2. The summed E-state index contributed by atoms with van der Waals surface area (Å²) >= 11 is 0. The SMILES string of the molecule is CCCn1ccnc1CC(=O)CC1(OC)CCC1. The molecule has 0 aliphatic heterocycles. The Morgan fingerprint density at radius 3 is 2.89 bits per heavy atom. The predicted octanol–water partition coefficient (Wildman–Crippen LogP) is 2.36. The highest BCUT2D eigenvalue weighted by Gasteiger charge is 2.38. The van der Waals surface area contributed by atoms with Crippen molar-refractivity contribution in [2.24, 2.45) is 0 Å². The molecule has 0 saturated heterocycles. The lowest BCUT2D eigenvalue weighted by molar-refractivity contribution is -0.131. The highest BCUT2D eigenvalue weighted by Crippen LogP contribution is 2.38. The van der Waals surface area contributed by atoms with Crippen LogP contribution >= 0.6 is 0 Å². The summed E-state index contributed by atoms with van der Waals surface area (Å²) in [7, 11) is 1.71. The molecule has 4 nitrogen and oxygen atoms in total. The molecule has 18 heavy (non-hydrogen) atoms. The van der Waals surface area contributed by atoms with Gasteiger partial charge < -0.3 is 9.30 Å². The molecular weight excluding hydrogens is 228 g/mol. The lowest BCUT2D eigenvalue weighted by Crippen LogP contribution is -2.41. The standard InChI is InChI=1S/C14H22N2O2/c1-3-8-16-9-7-15-13(16)10-12(17)11-14(18-2)5-4-6-14/h7,9H,3-6,8,10-11H2,1-2H3. The number of carbonyl (C=O) groups is 1. The molecule has 0 spiro atoms. The summed E-state index contributed by atoms with van der Waals surface area (Å²) in [4.78, 5) is 16.4. The minimum absolute atomic E-state index is 0.167. The number of nitrogens with zero attached hydrogens (tertiary/aromatic N) is 2. The number of ether oxygens (including phenoxy) is 1. The fraction of sp³-hybridized carbons (Fsp3) is 0.714. The lowest BCUT2D eigenvalue weighted by Gasteiger charge is -2.40. The highest BCUT2D eigenvalue weighted by molar-refractivity contribution is 5.81. The van der Waals surface area contributed by atoms with Crippen LogP contribution in [0.5, 0.6) is 0 Å². The van der Waals surface area contributed by atoms with Gasteiger partial charge in [-0.05, 0) is 25.7 Å². The zero-order chi connectivity index (χ0) is 13.0. The van der Waals surface area contributed by atoms with Gasteiger partial charge in [0.1, 0.15) is 11.6 Å². The Hall–Kier alpha value is -1.16. The molecule has 0 amide bonds. The number of ketones is 1. The molecule has 1 saturated carbocycles. The molecule has 0 bridgehead atoms. The van der Waals surface area contributed by atoms with Gasteiger partial charge in [-0.15, -0.1) is 0 Å². The van der Waals surface area contributed by atoms with Gasteiger partial charge in [0.25, 0.3) is 0 Å². The molecule has 1 aromatic heterocycles. The normalized spacial score (nSPS) is 17.4. The zero-order valence-corrected chi connectivity index (χ0v) is 11.3. The zero-order valence-electron chi connectivity index (χ0n) is 11.3. The average Bonchev–Trinajstić information content (AvgIpc) is 2.72. The average molecular weight is 250 g/mol. The van der Waals surface area contributed by atoms with Crippen LogP contribution in [0, 0.1) is 0 Å². The number of aromatic nitrogens is 2. The van der Waals surface area contributed by atoms with Crippen molar-refractivity contribution in [1.82, 2.24) is 9.55 Å². The Kier molecular flexibility index (Phi) is 4.17. The van der Waals surface area contributed by atoms with Crippen LogP contribution < -0.4 is 0 Å². The molecule has 100 valence electrons. The molecule has 0 unspecified atom stereocenters. The molecule has 4 heteroatoms. The van der Waals surface area contributed by atoms with Crippen molar-refractivity contribution in [3.05, 3.63) is 18.2 Å². The molecule has 1 aliphatic rings. The summed E-state index contributed by atoms with van der Waals surface area (Å²) in [5.41, 5.74) is -0.167. The third kappa shape index (κ3) is 2.80. The quantitative estimate of drug-likeness (QED) is 0.746. The smallest absolute Gasteiger partial charge is 0.143 e. The van der Waals surface area contributed by atoms with Gasteiger partial charge in [0.05, 0.1) is 12.0 Å². The topological polar surface area (TPSA) is 44.1 Å². The fourth-order valence-electron chi connectivity index (χ4n) is 2.57. The van der Waals surface area contributed by atoms with Gasteiger partial charge in [-0.1, -0.05) is 6.92 Å². The summed E-state index contributed by atoms with van der Waals surface area (Å²) < 4.78 is 7.56. The number of hydrogen-bond acceptors (Lipinski definition) is 3. The highest BCUT2D eigenvalue weighted by atomic mass is 16.5. The monoisotopic (exact) mass is 250 g/mol. The van der Waals surface area contributed by atoms with E-state index < -0.39 is 0 Å². The predicted molar refractivity (Wildman–Crippen MR) is 69.4 cm³/mol. The molecule has 1 aliphatic carbocycles. The van der Waals surface area contributed by atoms with Crippen LogP contribution in [0.25, 0.3) is 0 Å². The van der Waals surface area contributed by atoms with Crippen LogP contribution in [0.3, 0.4) is 0 Å². The molecule has 1 aromatic rings. The van der Waals surface area contributed by atoms with E-state index in [-0.39, 0.29) is 11.4 Å². The number of aryl methyl sites for hydroxylation is 1. The van der Waals surface area contributed by atoms with Crippen LogP contribution in [0.4, 0.5) is 0 Å². The van der Waals surface area contributed by atoms with Crippen molar-refractivity contribution in [3.8, 4) is 0 Å². The van der Waals surface area contributed by atoms with E-state index in [1.807, 2.05) is 6.20 Å². The Balaban J connectivity index is 1.92. The largest absolute Gasteiger partial charge is 0.378 e. The van der Waals surface area contributed by atoms with Crippen LogP contribution in [0.2, 0.25) is 0 Å². The summed E-state index contributed by atoms with van der Waals surface area (Å²) in [5, 5.41) is 0. The van der Waals surface area contributed by atoms with E-state index in [0.717, 1.165) is 31.6 Å². The fourth-order valence-corrected chi connectivity index (χ4v) is 2.57. The van der Waals surface area contributed by atoms with Crippen molar-refractivity contribution < 1.29 is 9.53 Å². The van der Waals surface area contributed by atoms with Gasteiger partial charge in [-0.3, -0.25) is 4.79 Å². The van der Waals surface area contributed by atoms with Crippen LogP contribution in [-0.2, 0) is 22.5 Å². The number of imidazole rings is 1. The van der Waals surface area contributed by atoms with Crippen molar-refractivity contribution in [2.75, 3.05) is 7.11 Å². The van der Waals surface area contributed by atoms with Crippen LogP contribution in [0.15, 0.2) is 12.4 Å². The minimum Gasteiger partial charge on any atom is -0.378 e. The van der Waals surface area contributed by atoms with Crippen molar-refractivity contribution >= 4 is 5.78 Å². The summed E-state index contributed by atoms with van der Waals surface area (Å²) in [6, 6.07) is 0. The van der Waals surface area contributed by atoms with Gasteiger partial charge in [0.15, 0.2) is 0 Å². The maximum atomic E-state index is 12.1. The van der Waals surface area contributed by atoms with E-state index in [0.29, 0.717) is 12.8 Å². The first-order valence-electron chi connectivity index (χ1n) is 6.76. The van der Waals surface area contributed by atoms with E-state index in [2.05, 4.69) is 16.5 Å². The Morgan fingerprint density at radius 2 is 2.33 bits per heavy atom. The van der Waals surface area contributed by atoms with Crippen LogP contribution in [-0.4, -0.2) is 28.0 Å². The first kappa shape index (κ1) is 13.3. The lowest BCUT2D eigenvalue weighted by atomic mass is 9.76. The molecule has 0 N–H and O–H groups in total. The van der Waals surface area contributed by atoms with E-state index in [1.165, 1.54) is 6.42 Å². The van der Waals surface area contributed by atoms with Crippen molar-refractivity contribution in [2.45, 2.75) is 57.6 Å². The number of Topliss-reactive ketones (excluding diaryl/α,β-unsaturated/α-hetero) is 1. The van der Waals surface area contributed by atoms with Crippen molar-refractivity contribution in [1.29, 1.82) is 0 Å². The summed E-state index contributed by atoms with van der Waals surface area (Å²) in [6.07, 6.45) is 8.93. The third-order valence-electron chi connectivity index (χ3n) is 3.84. The Labute approximate surface area is 108 Å². The minimum atomic E-state index is -0.167. The third-order valence-corrected chi connectivity index (χ3v) is 3.84. The number of carbonyl (C=O) groups excluding carboxylic acids is 1. The number of methoxy groups -OCH3 is 1. The Morgan fingerprint density at radius 1 is 1.56 bits per heavy atom. The first-order valence-corrected chi connectivity index (χ1v) is 6.76. The molecule has 1 heterocycles. The van der Waals surface area contributed by atoms with E-state index >= 15 is 0 Å². The molecule has 0 radical (unpaired) electrons. The van der Waals surface area contributed by atoms with Crippen molar-refractivity contribution in [3.63, 3.8) is 0 Å². The summed E-state index contributed by atoms with van der Waals surface area (Å²) in [6.45, 7) is 3.05. The van der Waals surface area contributed by atoms with E-state index in [9.17, 15) is 4.79 Å². The first-order chi connectivity index (χ1) is 8.69. The molecule has 1 fully saturated rings. The van der Waals surface area contributed by atoms with Crippen LogP contribution in [0.1, 0.15) is 44.9 Å². The molecule has 0 atom stereocenters. The van der Waals surface area contributed by atoms with Gasteiger partial charge in [0.2, 0.25) is 0 Å². The second kappa shape index (κ2) is 5.65. The van der Waals surface area contributed by atoms with E-state index in [1.54, 1.807) is 13.3 Å². The number of rotatable bonds is 7. The Bertz CT molecular complexity index is 402. The van der Waals surface area contributed by atoms with Gasteiger partial charge >= 0.3 is 0 Å². The molecule has 2 rings (SSSR count). The second-order valence-electron chi connectivity index (χ2n) is 5.17. The maximum absolute atomic E-state index is 12.1. The summed E-state index contributed by atoms with van der Waals surface area (Å²) in [5.74, 6) is 1.12. The number of hydrogen-bond donors (Lipinski definition) is 0. The van der Waals surface area contributed by atoms with Gasteiger partial charge in [-0.25, -0.2) is 4.98 Å². The molecule has 0 aromatic carbocycles. The van der Waals surface area contributed by atoms with Gasteiger partial charge in [0, 0.05) is 32.5 Å². The van der Waals surface area contributed by atoms with E-state index in [4.69, 9.17) is 4.74 Å². The van der Waals surface area contributed by atoms with Gasteiger partial charge in [-0.2, -0.15) is 0 Å². The second-order valence-corrected chi connectivity index (χ2v) is 5.17. The maximum Gasteiger partial charge on any atom is 0.143 e.